The van der Waals surface area contributed by atoms with E-state index in [0.717, 1.165) is 45.4 Å². The van der Waals surface area contributed by atoms with Crippen molar-refractivity contribution in [1.29, 1.82) is 0 Å². The predicted molar refractivity (Wildman–Crippen MR) is 166 cm³/mol. The van der Waals surface area contributed by atoms with Crippen LogP contribution in [0.4, 0.5) is 0 Å². The maximum Gasteiger partial charge on any atom is 0.311 e. The summed E-state index contributed by atoms with van der Waals surface area (Å²) in [5.74, 6) is 2.50. The van der Waals surface area contributed by atoms with Crippen molar-refractivity contribution in [2.75, 3.05) is 26.2 Å². The Hall–Kier alpha value is -1.14. The number of ether oxygens (including phenoxy) is 2. The summed E-state index contributed by atoms with van der Waals surface area (Å²) in [5, 5.41) is 0. The lowest BCUT2D eigenvalue weighted by Gasteiger charge is -2.62. The zero-order chi connectivity index (χ0) is 29.9. The molecule has 2 saturated heterocycles. The van der Waals surface area contributed by atoms with Crippen molar-refractivity contribution in [3.63, 3.8) is 0 Å². The van der Waals surface area contributed by atoms with E-state index in [1.165, 1.54) is 64.2 Å². The molecule has 0 aromatic rings. The van der Waals surface area contributed by atoms with Gasteiger partial charge in [-0.05, 0) is 147 Å². The minimum atomic E-state index is -0.478. The summed E-state index contributed by atoms with van der Waals surface area (Å²) >= 11 is 0. The third-order valence-corrected chi connectivity index (χ3v) is 13.5. The largest absolute Gasteiger partial charge is 0.461 e. The quantitative estimate of drug-likeness (QED) is 0.337. The molecule has 6 nitrogen and oxygen atoms in total. The Morgan fingerprint density at radius 1 is 0.738 bits per heavy atom. The molecule has 0 radical (unpaired) electrons. The van der Waals surface area contributed by atoms with E-state index in [1.807, 2.05) is 20.8 Å². The van der Waals surface area contributed by atoms with Crippen LogP contribution in [0.2, 0.25) is 0 Å². The Kier molecular flexibility index (Phi) is 8.57. The fourth-order valence-corrected chi connectivity index (χ4v) is 11.3. The third kappa shape index (κ3) is 5.48. The van der Waals surface area contributed by atoms with Crippen molar-refractivity contribution in [1.82, 2.24) is 9.80 Å². The SMILES string of the molecule is CC(=O)O[C@H]1C[C@@H]2CC[C@@H]3[C@H](CC[C@]4(C)[C@H](OC(=O)C(C)(C)C)[C@@H](N5CCCCC5)C[C@@H]34)[C@@]2(C)C[C@@H]1N1CCCCC1. The zero-order valence-corrected chi connectivity index (χ0v) is 27.7. The van der Waals surface area contributed by atoms with Gasteiger partial charge in [-0.3, -0.25) is 19.4 Å². The highest BCUT2D eigenvalue weighted by Gasteiger charge is 2.65. The average Bonchev–Trinajstić information content (AvgIpc) is 3.25. The van der Waals surface area contributed by atoms with Gasteiger partial charge < -0.3 is 9.47 Å². The fraction of sp³-hybridized carbons (Fsp3) is 0.944. The van der Waals surface area contributed by atoms with Gasteiger partial charge in [0.05, 0.1) is 5.41 Å². The number of likely N-dealkylation sites (tertiary alicyclic amines) is 2. The Morgan fingerprint density at radius 2 is 1.36 bits per heavy atom. The van der Waals surface area contributed by atoms with Crippen molar-refractivity contribution >= 4 is 11.9 Å². The molecule has 10 atom stereocenters. The van der Waals surface area contributed by atoms with Crippen LogP contribution in [-0.2, 0) is 19.1 Å². The first kappa shape index (κ1) is 30.9. The van der Waals surface area contributed by atoms with E-state index >= 15 is 0 Å². The number of carbonyl (C=O) groups excluding carboxylic acids is 2. The first-order valence-corrected chi connectivity index (χ1v) is 17.8. The van der Waals surface area contributed by atoms with Crippen LogP contribution in [0.25, 0.3) is 0 Å². The Labute approximate surface area is 256 Å². The number of fused-ring (bicyclic) bond motifs is 5. The van der Waals surface area contributed by atoms with Crippen molar-refractivity contribution in [2.45, 2.75) is 149 Å². The second-order valence-corrected chi connectivity index (χ2v) is 16.9. The number of rotatable bonds is 4. The molecule has 2 heterocycles. The van der Waals surface area contributed by atoms with Gasteiger partial charge in [0.1, 0.15) is 12.2 Å². The standard InChI is InChI=1S/C36H60N2O4/c1-24(39)41-31-21-25-13-14-26-27(36(25,6)23-30(31)38-19-11-8-12-20-38)15-16-35(5)28(26)22-29(37-17-9-7-10-18-37)32(35)42-33(40)34(2,3)4/h25-32H,7-23H2,1-6H3/t25-,26+,27-,28-,29-,30-,31-,32+,35-,36-/m0/s1. The number of esters is 2. The maximum atomic E-state index is 13.4. The summed E-state index contributed by atoms with van der Waals surface area (Å²) < 4.78 is 12.7. The van der Waals surface area contributed by atoms with Crippen LogP contribution >= 0.6 is 0 Å². The van der Waals surface area contributed by atoms with Crippen molar-refractivity contribution < 1.29 is 19.1 Å². The van der Waals surface area contributed by atoms with Gasteiger partial charge in [-0.15, -0.1) is 0 Å². The van der Waals surface area contributed by atoms with Crippen LogP contribution < -0.4 is 0 Å². The maximum absolute atomic E-state index is 13.4. The van der Waals surface area contributed by atoms with Crippen LogP contribution in [0, 0.1) is 39.9 Å². The van der Waals surface area contributed by atoms with E-state index in [4.69, 9.17) is 9.47 Å². The highest BCUT2D eigenvalue weighted by molar-refractivity contribution is 5.75. The highest BCUT2D eigenvalue weighted by atomic mass is 16.6. The lowest BCUT2D eigenvalue weighted by atomic mass is 9.44. The summed E-state index contributed by atoms with van der Waals surface area (Å²) in [4.78, 5) is 31.0. The number of nitrogens with zero attached hydrogens (tertiary/aromatic N) is 2. The molecule has 6 heteroatoms. The molecule has 0 N–H and O–H groups in total. The molecule has 6 aliphatic rings. The van der Waals surface area contributed by atoms with E-state index in [9.17, 15) is 9.59 Å². The molecule has 0 spiro atoms. The molecular weight excluding hydrogens is 524 g/mol. The molecule has 0 aromatic carbocycles. The van der Waals surface area contributed by atoms with E-state index in [-0.39, 0.29) is 35.0 Å². The fourth-order valence-electron chi connectivity index (χ4n) is 11.3. The first-order valence-electron chi connectivity index (χ1n) is 17.8. The molecular formula is C36H60N2O4. The van der Waals surface area contributed by atoms with Gasteiger partial charge in [-0.1, -0.05) is 26.7 Å². The molecule has 6 rings (SSSR count). The van der Waals surface area contributed by atoms with E-state index in [1.54, 1.807) is 6.92 Å². The minimum absolute atomic E-state index is 0.000365. The molecule has 0 unspecified atom stereocenters. The van der Waals surface area contributed by atoms with Crippen LogP contribution in [-0.4, -0.2) is 72.2 Å². The summed E-state index contributed by atoms with van der Waals surface area (Å²) in [5.41, 5.74) is -0.147. The summed E-state index contributed by atoms with van der Waals surface area (Å²) in [6.07, 6.45) is 16.1. The van der Waals surface area contributed by atoms with Gasteiger partial charge in [0, 0.05) is 24.4 Å². The average molecular weight is 585 g/mol. The summed E-state index contributed by atoms with van der Waals surface area (Å²) in [6, 6.07) is 0.712. The lowest BCUT2D eigenvalue weighted by Crippen LogP contribution is -2.61. The van der Waals surface area contributed by atoms with E-state index in [0.29, 0.717) is 35.8 Å². The Morgan fingerprint density at radius 3 is 1.95 bits per heavy atom. The van der Waals surface area contributed by atoms with E-state index < -0.39 is 5.41 Å². The topological polar surface area (TPSA) is 59.1 Å². The lowest BCUT2D eigenvalue weighted by molar-refractivity contribution is -0.184. The number of hydrogen-bond donors (Lipinski definition) is 0. The molecule has 0 amide bonds. The van der Waals surface area contributed by atoms with E-state index in [2.05, 4.69) is 23.6 Å². The Balaban J connectivity index is 1.28. The van der Waals surface area contributed by atoms with Crippen molar-refractivity contribution in [3.8, 4) is 0 Å². The second-order valence-electron chi connectivity index (χ2n) is 16.9. The molecule has 2 aliphatic heterocycles. The van der Waals surface area contributed by atoms with Crippen LogP contribution in [0.15, 0.2) is 0 Å². The highest BCUT2D eigenvalue weighted by Crippen LogP contribution is 2.67. The molecule has 4 saturated carbocycles. The van der Waals surface area contributed by atoms with Gasteiger partial charge in [0.2, 0.25) is 0 Å². The van der Waals surface area contributed by atoms with Crippen molar-refractivity contribution in [2.24, 2.45) is 39.9 Å². The van der Waals surface area contributed by atoms with Gasteiger partial charge in [-0.25, -0.2) is 0 Å². The van der Waals surface area contributed by atoms with Crippen LogP contribution in [0.1, 0.15) is 125 Å². The van der Waals surface area contributed by atoms with Crippen LogP contribution in [0.3, 0.4) is 0 Å². The predicted octanol–water partition coefficient (Wildman–Crippen LogP) is 6.85. The monoisotopic (exact) mass is 584 g/mol. The summed E-state index contributed by atoms with van der Waals surface area (Å²) in [7, 11) is 0. The number of hydrogen-bond acceptors (Lipinski definition) is 6. The molecule has 42 heavy (non-hydrogen) atoms. The van der Waals surface area contributed by atoms with Gasteiger partial charge in [0.15, 0.2) is 0 Å². The van der Waals surface area contributed by atoms with Crippen LogP contribution in [0.5, 0.6) is 0 Å². The zero-order valence-electron chi connectivity index (χ0n) is 27.7. The third-order valence-electron chi connectivity index (χ3n) is 13.5. The summed E-state index contributed by atoms with van der Waals surface area (Å²) in [6.45, 7) is 17.3. The molecule has 0 bridgehead atoms. The van der Waals surface area contributed by atoms with Gasteiger partial charge in [-0.2, -0.15) is 0 Å². The number of carbonyl (C=O) groups is 2. The minimum Gasteiger partial charge on any atom is -0.461 e. The smallest absolute Gasteiger partial charge is 0.311 e. The van der Waals surface area contributed by atoms with Gasteiger partial charge >= 0.3 is 11.9 Å². The van der Waals surface area contributed by atoms with Gasteiger partial charge in [0.25, 0.3) is 0 Å². The normalized spacial score (nSPS) is 44.9. The Bertz CT molecular complexity index is 997. The molecule has 0 aromatic heterocycles. The molecule has 6 fully saturated rings. The molecule has 238 valence electrons. The molecule has 4 aliphatic carbocycles. The number of piperidine rings is 2. The van der Waals surface area contributed by atoms with Crippen molar-refractivity contribution in [3.05, 3.63) is 0 Å². The second kappa shape index (κ2) is 11.7. The first-order chi connectivity index (χ1) is 19.9.